The molecule has 0 aliphatic heterocycles. The lowest BCUT2D eigenvalue weighted by atomic mass is 9.70. The van der Waals surface area contributed by atoms with E-state index in [0.717, 1.165) is 12.0 Å². The predicted octanol–water partition coefficient (Wildman–Crippen LogP) is 3.16. The van der Waals surface area contributed by atoms with Gasteiger partial charge < -0.3 is 4.74 Å². The molecule has 2 fully saturated rings. The van der Waals surface area contributed by atoms with Crippen LogP contribution in [0.3, 0.4) is 0 Å². The number of Topliss-reactive ketones (excluding diaryl/α,β-unsaturated/α-hetero) is 1. The molecular weight excluding hydrogens is 354 g/mol. The first-order chi connectivity index (χ1) is 12.1. The van der Waals surface area contributed by atoms with Crippen molar-refractivity contribution in [1.29, 1.82) is 0 Å². The van der Waals surface area contributed by atoms with Crippen LogP contribution in [0.4, 0.5) is 0 Å². The van der Waals surface area contributed by atoms with Crippen molar-refractivity contribution in [3.63, 3.8) is 0 Å². The van der Waals surface area contributed by atoms with E-state index in [-0.39, 0.29) is 22.9 Å². The highest BCUT2D eigenvalue weighted by Crippen LogP contribution is 2.64. The van der Waals surface area contributed by atoms with Crippen molar-refractivity contribution in [3.8, 4) is 5.75 Å². The highest BCUT2D eigenvalue weighted by molar-refractivity contribution is 7.86. The van der Waals surface area contributed by atoms with Gasteiger partial charge in [0, 0.05) is 6.42 Å². The molecule has 2 aliphatic carbocycles. The second-order valence-corrected chi connectivity index (χ2v) is 9.40. The Morgan fingerprint density at radius 2 is 1.92 bits per heavy atom. The van der Waals surface area contributed by atoms with Crippen LogP contribution in [0.15, 0.2) is 29.4 Å². The number of rotatable bonds is 6. The molecule has 3 rings (SSSR count). The van der Waals surface area contributed by atoms with Gasteiger partial charge in [0.25, 0.3) is 0 Å². The third kappa shape index (κ3) is 3.02. The molecule has 1 aromatic carbocycles. The van der Waals surface area contributed by atoms with Crippen LogP contribution in [-0.4, -0.2) is 32.8 Å². The summed E-state index contributed by atoms with van der Waals surface area (Å²) in [7, 11) is -2.39. The maximum Gasteiger partial charge on any atom is 0.329 e. The number of benzene rings is 1. The van der Waals surface area contributed by atoms with Gasteiger partial charge in [-0.25, -0.2) is 0 Å². The van der Waals surface area contributed by atoms with Crippen molar-refractivity contribution in [3.05, 3.63) is 29.8 Å². The van der Waals surface area contributed by atoms with Crippen LogP contribution < -0.4 is 4.74 Å². The van der Waals surface area contributed by atoms with E-state index in [0.29, 0.717) is 24.3 Å². The minimum atomic E-state index is -3.96. The average Bonchev–Trinajstić information content (AvgIpc) is 2.93. The number of carbonyl (C=O) groups is 1. The number of nitrogens with zero attached hydrogens (tertiary/aromatic N) is 1. The lowest BCUT2D eigenvalue weighted by Crippen LogP contribution is -2.42. The summed E-state index contributed by atoms with van der Waals surface area (Å²) in [4.78, 5) is 12.5. The van der Waals surface area contributed by atoms with E-state index < -0.39 is 15.5 Å². The third-order valence-electron chi connectivity index (χ3n) is 6.36. The highest BCUT2D eigenvalue weighted by atomic mass is 32.2. The first-order valence-electron chi connectivity index (χ1n) is 8.75. The lowest BCUT2D eigenvalue weighted by molar-refractivity contribution is -0.128. The molecule has 6 nitrogen and oxygen atoms in total. The topological polar surface area (TPSA) is 82.0 Å². The van der Waals surface area contributed by atoms with Crippen LogP contribution in [0, 0.1) is 16.7 Å². The first kappa shape index (κ1) is 18.9. The number of fused-ring (bicyclic) bond motifs is 2. The maximum absolute atomic E-state index is 12.5. The summed E-state index contributed by atoms with van der Waals surface area (Å²) < 4.78 is 35.1. The van der Waals surface area contributed by atoms with Gasteiger partial charge in [-0.15, -0.1) is 0 Å². The molecule has 2 saturated carbocycles. The van der Waals surface area contributed by atoms with Gasteiger partial charge in [0.1, 0.15) is 17.3 Å². The quantitative estimate of drug-likeness (QED) is 0.560. The minimum absolute atomic E-state index is 0.0433. The molecule has 2 unspecified atom stereocenters. The van der Waals surface area contributed by atoms with E-state index in [1.807, 2.05) is 13.8 Å². The Balaban J connectivity index is 1.76. The number of hydrogen-bond donors (Lipinski definition) is 0. The normalized spacial score (nSPS) is 27.6. The second-order valence-electron chi connectivity index (χ2n) is 7.85. The molecule has 0 spiro atoms. The molecule has 142 valence electrons. The zero-order chi connectivity index (χ0) is 19.2. The SMILES string of the molecule is COc1ccc(/C(C)=N/OS(=O)(=O)CC23CCC(CC2=O)C3(C)C)cc1. The zero-order valence-corrected chi connectivity index (χ0v) is 16.4. The number of hydrogen-bond acceptors (Lipinski definition) is 6. The number of methoxy groups -OCH3 is 1. The summed E-state index contributed by atoms with van der Waals surface area (Å²) in [5, 5.41) is 3.79. The van der Waals surface area contributed by atoms with E-state index in [1.165, 1.54) is 0 Å². The number of ketones is 1. The van der Waals surface area contributed by atoms with Gasteiger partial charge >= 0.3 is 10.1 Å². The summed E-state index contributed by atoms with van der Waals surface area (Å²) in [6, 6.07) is 7.08. The lowest BCUT2D eigenvalue weighted by Gasteiger charge is -2.35. The molecule has 0 amide bonds. The van der Waals surface area contributed by atoms with E-state index in [2.05, 4.69) is 5.16 Å². The summed E-state index contributed by atoms with van der Waals surface area (Å²) in [5.41, 5.74) is 0.00218. The molecule has 0 radical (unpaired) electrons. The summed E-state index contributed by atoms with van der Waals surface area (Å²) in [6.45, 7) is 5.67. The predicted molar refractivity (Wildman–Crippen MR) is 98.6 cm³/mol. The number of carbonyl (C=O) groups excluding carboxylic acids is 1. The van der Waals surface area contributed by atoms with Crippen molar-refractivity contribution in [2.75, 3.05) is 12.9 Å². The van der Waals surface area contributed by atoms with Gasteiger partial charge in [-0.1, -0.05) is 19.0 Å². The fourth-order valence-corrected chi connectivity index (χ4v) is 5.99. The molecule has 2 aliphatic rings. The molecule has 0 aromatic heterocycles. The van der Waals surface area contributed by atoms with Gasteiger partial charge in [-0.2, -0.15) is 8.42 Å². The average molecular weight is 379 g/mol. The summed E-state index contributed by atoms with van der Waals surface area (Å²) in [5.74, 6) is 0.699. The van der Waals surface area contributed by atoms with Crippen molar-refractivity contribution in [1.82, 2.24) is 0 Å². The summed E-state index contributed by atoms with van der Waals surface area (Å²) >= 11 is 0. The Morgan fingerprint density at radius 1 is 1.27 bits per heavy atom. The maximum atomic E-state index is 12.5. The van der Waals surface area contributed by atoms with E-state index >= 15 is 0 Å². The van der Waals surface area contributed by atoms with Crippen LogP contribution in [0.1, 0.15) is 45.6 Å². The Kier molecular flexibility index (Phi) is 4.63. The fourth-order valence-electron chi connectivity index (χ4n) is 4.43. The van der Waals surface area contributed by atoms with Crippen LogP contribution in [0.25, 0.3) is 0 Å². The van der Waals surface area contributed by atoms with Crippen LogP contribution in [0.2, 0.25) is 0 Å². The number of ether oxygens (including phenoxy) is 1. The highest BCUT2D eigenvalue weighted by Gasteiger charge is 2.65. The third-order valence-corrected chi connectivity index (χ3v) is 7.51. The Morgan fingerprint density at radius 3 is 2.42 bits per heavy atom. The van der Waals surface area contributed by atoms with Gasteiger partial charge in [0.15, 0.2) is 0 Å². The molecule has 1 aromatic rings. The second kappa shape index (κ2) is 6.37. The van der Waals surface area contributed by atoms with E-state index in [4.69, 9.17) is 9.02 Å². The van der Waals surface area contributed by atoms with Gasteiger partial charge in [-0.3, -0.25) is 9.08 Å². The van der Waals surface area contributed by atoms with Crippen LogP contribution in [-0.2, 0) is 19.2 Å². The van der Waals surface area contributed by atoms with Gasteiger partial charge in [0.05, 0.1) is 18.2 Å². The van der Waals surface area contributed by atoms with E-state index in [1.54, 1.807) is 38.3 Å². The Bertz CT molecular complexity index is 841. The number of oxime groups is 1. The van der Waals surface area contributed by atoms with Crippen LogP contribution >= 0.6 is 0 Å². The van der Waals surface area contributed by atoms with Crippen LogP contribution in [0.5, 0.6) is 5.75 Å². The van der Waals surface area contributed by atoms with E-state index in [9.17, 15) is 13.2 Å². The van der Waals surface area contributed by atoms with Gasteiger partial charge in [0.2, 0.25) is 0 Å². The minimum Gasteiger partial charge on any atom is -0.497 e. The molecule has 2 atom stereocenters. The fraction of sp³-hybridized carbons (Fsp3) is 0.579. The molecular formula is C19H25NO5S. The largest absolute Gasteiger partial charge is 0.497 e. The first-order valence-corrected chi connectivity index (χ1v) is 10.3. The van der Waals surface area contributed by atoms with Crippen molar-refractivity contribution >= 4 is 21.6 Å². The molecule has 0 saturated heterocycles. The van der Waals surface area contributed by atoms with Gasteiger partial charge in [-0.05, 0) is 60.9 Å². The van der Waals surface area contributed by atoms with Crippen molar-refractivity contribution in [2.45, 2.75) is 40.0 Å². The monoisotopic (exact) mass is 379 g/mol. The zero-order valence-electron chi connectivity index (χ0n) is 15.6. The standard InChI is InChI=1S/C19H25NO5S/c1-13(14-5-7-16(24-4)8-6-14)20-25-26(22,23)12-19-10-9-15(11-17(19)21)18(19,2)3/h5-8,15H,9-12H2,1-4H3/b20-13+. The molecule has 0 heterocycles. The molecule has 7 heteroatoms. The molecule has 26 heavy (non-hydrogen) atoms. The van der Waals surface area contributed by atoms with Crippen molar-refractivity contribution < 1.29 is 22.2 Å². The molecule has 2 bridgehead atoms. The Hall–Kier alpha value is -1.89. The smallest absolute Gasteiger partial charge is 0.329 e. The Labute approximate surface area is 154 Å². The van der Waals surface area contributed by atoms with Crippen molar-refractivity contribution in [2.24, 2.45) is 21.9 Å². The summed E-state index contributed by atoms with van der Waals surface area (Å²) in [6.07, 6.45) is 1.96. The molecule has 0 N–H and O–H groups in total.